The second-order valence-corrected chi connectivity index (χ2v) is 5.83. The lowest BCUT2D eigenvalue weighted by Crippen LogP contribution is -2.13. The topological polar surface area (TPSA) is 46.3 Å². The molecule has 1 aliphatic carbocycles. The number of fused-ring (bicyclic) bond motifs is 1. The van der Waals surface area contributed by atoms with Gasteiger partial charge in [-0.25, -0.2) is 4.98 Å². The Kier molecular flexibility index (Phi) is 3.28. The summed E-state index contributed by atoms with van der Waals surface area (Å²) in [5, 5.41) is 10.4. The molecule has 3 heteroatoms. The van der Waals surface area contributed by atoms with Crippen LogP contribution in [0.2, 0.25) is 0 Å². The number of benzene rings is 2. The van der Waals surface area contributed by atoms with Crippen molar-refractivity contribution in [3.63, 3.8) is 0 Å². The molecule has 0 fully saturated rings. The average Bonchev–Trinajstić information content (AvgIpc) is 3.23. The summed E-state index contributed by atoms with van der Waals surface area (Å²) in [6.45, 7) is 0. The molecule has 1 heterocycles. The number of aromatic nitrogens is 1. The van der Waals surface area contributed by atoms with Crippen LogP contribution in [0, 0.1) is 5.92 Å². The van der Waals surface area contributed by atoms with Crippen molar-refractivity contribution in [2.45, 2.75) is 18.9 Å². The summed E-state index contributed by atoms with van der Waals surface area (Å²) in [5.74, 6) is 0.556. The van der Waals surface area contributed by atoms with Crippen LogP contribution in [0.15, 0.2) is 65.4 Å². The quantitative estimate of drug-likeness (QED) is 0.798. The van der Waals surface area contributed by atoms with Crippen LogP contribution in [-0.4, -0.2) is 10.1 Å². The van der Waals surface area contributed by atoms with E-state index in [4.69, 9.17) is 4.42 Å². The average molecular weight is 291 g/mol. The molecule has 0 aliphatic heterocycles. The lowest BCUT2D eigenvalue weighted by atomic mass is 9.99. The summed E-state index contributed by atoms with van der Waals surface area (Å²) in [7, 11) is 0. The number of hydrogen-bond acceptors (Lipinski definition) is 3. The molecular formula is C19H17NO2. The Bertz CT molecular complexity index is 765. The van der Waals surface area contributed by atoms with Crippen LogP contribution in [0.3, 0.4) is 0 Å². The first kappa shape index (κ1) is 13.3. The molecule has 0 amide bonds. The SMILES string of the molecule is OC(c1ncco1)C1Cc2ccc(-c3ccccc3)cc2C1. The molecule has 3 nitrogen and oxygen atoms in total. The van der Waals surface area contributed by atoms with Gasteiger partial charge in [0.25, 0.3) is 0 Å². The van der Waals surface area contributed by atoms with Crippen molar-refractivity contribution in [3.05, 3.63) is 78.0 Å². The molecule has 3 aromatic rings. The van der Waals surface area contributed by atoms with Crippen molar-refractivity contribution in [3.8, 4) is 11.1 Å². The minimum atomic E-state index is -0.637. The fraction of sp³-hybridized carbons (Fsp3) is 0.211. The van der Waals surface area contributed by atoms with Gasteiger partial charge >= 0.3 is 0 Å². The van der Waals surface area contributed by atoms with Crippen LogP contribution in [0.25, 0.3) is 11.1 Å². The van der Waals surface area contributed by atoms with E-state index in [0.29, 0.717) is 5.89 Å². The van der Waals surface area contributed by atoms with Gasteiger partial charge in [-0.3, -0.25) is 0 Å². The Morgan fingerprint density at radius 1 is 1.00 bits per heavy atom. The van der Waals surface area contributed by atoms with Crippen molar-refractivity contribution in [2.75, 3.05) is 0 Å². The monoisotopic (exact) mass is 291 g/mol. The van der Waals surface area contributed by atoms with E-state index in [2.05, 4.69) is 47.4 Å². The lowest BCUT2D eigenvalue weighted by molar-refractivity contribution is 0.0850. The Balaban J connectivity index is 1.59. The van der Waals surface area contributed by atoms with Crippen molar-refractivity contribution < 1.29 is 9.52 Å². The van der Waals surface area contributed by atoms with Gasteiger partial charge in [-0.2, -0.15) is 0 Å². The molecule has 2 aromatic carbocycles. The first-order chi connectivity index (χ1) is 10.8. The molecule has 1 aliphatic rings. The van der Waals surface area contributed by atoms with Crippen molar-refractivity contribution in [2.24, 2.45) is 5.92 Å². The second-order valence-electron chi connectivity index (χ2n) is 5.83. The first-order valence-corrected chi connectivity index (χ1v) is 7.56. The first-order valence-electron chi connectivity index (χ1n) is 7.56. The maximum absolute atomic E-state index is 10.4. The maximum Gasteiger partial charge on any atom is 0.223 e. The number of aliphatic hydroxyl groups is 1. The zero-order valence-corrected chi connectivity index (χ0v) is 12.1. The smallest absolute Gasteiger partial charge is 0.223 e. The molecule has 0 saturated heterocycles. The van der Waals surface area contributed by atoms with Crippen LogP contribution in [0.1, 0.15) is 23.1 Å². The third kappa shape index (κ3) is 2.34. The molecular weight excluding hydrogens is 274 g/mol. The highest BCUT2D eigenvalue weighted by Crippen LogP contribution is 2.36. The van der Waals surface area contributed by atoms with Crippen LogP contribution < -0.4 is 0 Å². The highest BCUT2D eigenvalue weighted by molar-refractivity contribution is 5.65. The summed E-state index contributed by atoms with van der Waals surface area (Å²) in [6.07, 6.45) is 4.18. The molecule has 0 radical (unpaired) electrons. The van der Waals surface area contributed by atoms with E-state index in [1.165, 1.54) is 28.5 Å². The van der Waals surface area contributed by atoms with E-state index < -0.39 is 6.10 Å². The standard InChI is InChI=1S/C19H17NO2/c21-18(19-20-8-9-22-19)17-11-15-7-6-14(10-16(15)12-17)13-4-2-1-3-5-13/h1-10,17-18,21H,11-12H2. The highest BCUT2D eigenvalue weighted by atomic mass is 16.4. The van der Waals surface area contributed by atoms with Gasteiger partial charge in [-0.1, -0.05) is 48.5 Å². The maximum atomic E-state index is 10.4. The number of nitrogens with zero attached hydrogens (tertiary/aromatic N) is 1. The summed E-state index contributed by atoms with van der Waals surface area (Å²) in [5.41, 5.74) is 5.08. The number of oxazole rings is 1. The Labute approximate surface area is 129 Å². The van der Waals surface area contributed by atoms with E-state index in [0.717, 1.165) is 12.8 Å². The molecule has 4 rings (SSSR count). The largest absolute Gasteiger partial charge is 0.446 e. The summed E-state index contributed by atoms with van der Waals surface area (Å²) >= 11 is 0. The van der Waals surface area contributed by atoms with E-state index in [9.17, 15) is 5.11 Å². The van der Waals surface area contributed by atoms with Gasteiger partial charge in [0.15, 0.2) is 0 Å². The normalized spacial score (nSPS) is 18.1. The van der Waals surface area contributed by atoms with Crippen molar-refractivity contribution in [1.82, 2.24) is 4.98 Å². The number of rotatable bonds is 3. The summed E-state index contributed by atoms with van der Waals surface area (Å²) < 4.78 is 5.24. The predicted molar refractivity (Wildman–Crippen MR) is 84.2 cm³/mol. The van der Waals surface area contributed by atoms with E-state index in [1.54, 1.807) is 6.20 Å². The van der Waals surface area contributed by atoms with Crippen molar-refractivity contribution in [1.29, 1.82) is 0 Å². The van der Waals surface area contributed by atoms with Crippen molar-refractivity contribution >= 4 is 0 Å². The molecule has 0 saturated carbocycles. The zero-order valence-electron chi connectivity index (χ0n) is 12.1. The fourth-order valence-corrected chi connectivity index (χ4v) is 3.27. The van der Waals surface area contributed by atoms with Crippen LogP contribution in [-0.2, 0) is 12.8 Å². The van der Waals surface area contributed by atoms with Gasteiger partial charge in [0.05, 0.1) is 6.20 Å². The van der Waals surface area contributed by atoms with Crippen LogP contribution in [0.5, 0.6) is 0 Å². The second kappa shape index (κ2) is 5.43. The third-order valence-electron chi connectivity index (χ3n) is 4.43. The minimum absolute atomic E-state index is 0.139. The van der Waals surface area contributed by atoms with E-state index in [-0.39, 0.29) is 5.92 Å². The van der Waals surface area contributed by atoms with Gasteiger partial charge in [-0.15, -0.1) is 0 Å². The summed E-state index contributed by atoms with van der Waals surface area (Å²) in [6, 6.07) is 17.0. The number of hydrogen-bond donors (Lipinski definition) is 1. The minimum Gasteiger partial charge on any atom is -0.446 e. The molecule has 2 atom stereocenters. The fourth-order valence-electron chi connectivity index (χ4n) is 3.27. The molecule has 0 bridgehead atoms. The molecule has 22 heavy (non-hydrogen) atoms. The Morgan fingerprint density at radius 2 is 1.82 bits per heavy atom. The molecule has 110 valence electrons. The van der Waals surface area contributed by atoms with E-state index >= 15 is 0 Å². The Hall–Kier alpha value is -2.39. The van der Waals surface area contributed by atoms with Crippen LogP contribution >= 0.6 is 0 Å². The Morgan fingerprint density at radius 3 is 2.59 bits per heavy atom. The van der Waals surface area contributed by atoms with Gasteiger partial charge in [0.1, 0.15) is 12.4 Å². The van der Waals surface area contributed by atoms with Gasteiger partial charge in [0, 0.05) is 5.92 Å². The van der Waals surface area contributed by atoms with Gasteiger partial charge in [-0.05, 0) is 35.1 Å². The molecule has 1 N–H and O–H groups in total. The molecule has 1 aromatic heterocycles. The van der Waals surface area contributed by atoms with Gasteiger partial charge < -0.3 is 9.52 Å². The highest BCUT2D eigenvalue weighted by Gasteiger charge is 2.30. The third-order valence-corrected chi connectivity index (χ3v) is 4.43. The molecule has 0 spiro atoms. The van der Waals surface area contributed by atoms with E-state index in [1.807, 2.05) is 6.07 Å². The zero-order chi connectivity index (χ0) is 14.9. The van der Waals surface area contributed by atoms with Crippen LogP contribution in [0.4, 0.5) is 0 Å². The number of aliphatic hydroxyl groups excluding tert-OH is 1. The summed E-state index contributed by atoms with van der Waals surface area (Å²) in [4.78, 5) is 4.07. The predicted octanol–water partition coefficient (Wildman–Crippen LogP) is 3.79. The van der Waals surface area contributed by atoms with Gasteiger partial charge in [0.2, 0.25) is 5.89 Å². The molecule has 2 unspecified atom stereocenters. The lowest BCUT2D eigenvalue weighted by Gasteiger charge is -2.13.